The third-order valence-electron chi connectivity index (χ3n) is 4.88. The molecule has 0 saturated carbocycles. The number of hydrogen-bond acceptors (Lipinski definition) is 4. The van der Waals surface area contributed by atoms with Crippen molar-refractivity contribution < 1.29 is 9.53 Å². The summed E-state index contributed by atoms with van der Waals surface area (Å²) in [6.07, 6.45) is 7.35. The number of nitrogens with two attached hydrogens (primary N) is 1. The highest BCUT2D eigenvalue weighted by Gasteiger charge is 2.42. The molecule has 2 aliphatic rings. The zero-order valence-electron chi connectivity index (χ0n) is 13.2. The van der Waals surface area contributed by atoms with Crippen molar-refractivity contribution in [2.75, 3.05) is 32.8 Å². The third-order valence-corrected chi connectivity index (χ3v) is 4.88. The zero-order valence-corrected chi connectivity index (χ0v) is 14.9. The third kappa shape index (κ3) is 4.18. The fourth-order valence-corrected chi connectivity index (χ4v) is 3.45. The van der Waals surface area contributed by atoms with Crippen LogP contribution in [0.3, 0.4) is 0 Å². The number of rotatable bonds is 3. The lowest BCUT2D eigenvalue weighted by atomic mass is 9.78. The Kier molecular flexibility index (Phi) is 7.80. The summed E-state index contributed by atoms with van der Waals surface area (Å²) < 4.78 is 7.37. The van der Waals surface area contributed by atoms with Gasteiger partial charge < -0.3 is 15.4 Å². The number of hydrogen-bond donors (Lipinski definition) is 1. The van der Waals surface area contributed by atoms with Crippen LogP contribution in [0, 0.1) is 5.41 Å². The van der Waals surface area contributed by atoms with E-state index in [1.165, 1.54) is 0 Å². The van der Waals surface area contributed by atoms with Crippen molar-refractivity contribution in [1.29, 1.82) is 0 Å². The molecular formula is C15H26Cl2N4O2. The highest BCUT2D eigenvalue weighted by molar-refractivity contribution is 5.85. The minimum Gasteiger partial charge on any atom is -0.381 e. The van der Waals surface area contributed by atoms with Gasteiger partial charge in [-0.3, -0.25) is 9.48 Å². The van der Waals surface area contributed by atoms with Crippen molar-refractivity contribution in [3.05, 3.63) is 18.5 Å². The van der Waals surface area contributed by atoms with Crippen LogP contribution in [0.4, 0.5) is 0 Å². The van der Waals surface area contributed by atoms with E-state index in [2.05, 4.69) is 5.10 Å². The van der Waals surface area contributed by atoms with E-state index in [4.69, 9.17) is 10.5 Å². The highest BCUT2D eigenvalue weighted by atomic mass is 35.5. The number of carbonyl (C=O) groups excluding carboxylic acids is 1. The van der Waals surface area contributed by atoms with Gasteiger partial charge in [-0.15, -0.1) is 24.8 Å². The maximum absolute atomic E-state index is 13.0. The summed E-state index contributed by atoms with van der Waals surface area (Å²) in [5, 5.41) is 4.32. The molecule has 3 rings (SSSR count). The Morgan fingerprint density at radius 2 is 2.09 bits per heavy atom. The first-order chi connectivity index (χ1) is 10.2. The van der Waals surface area contributed by atoms with Crippen LogP contribution in [-0.2, 0) is 9.53 Å². The minimum atomic E-state index is -0.412. The van der Waals surface area contributed by atoms with Crippen LogP contribution < -0.4 is 5.73 Å². The van der Waals surface area contributed by atoms with Crippen molar-refractivity contribution >= 4 is 30.7 Å². The second kappa shape index (κ2) is 8.87. The van der Waals surface area contributed by atoms with Gasteiger partial charge >= 0.3 is 0 Å². The number of amides is 1. The lowest BCUT2D eigenvalue weighted by Crippen LogP contribution is -2.53. The number of halogens is 2. The Bertz CT molecular complexity index is 478. The Morgan fingerprint density at radius 3 is 2.70 bits per heavy atom. The summed E-state index contributed by atoms with van der Waals surface area (Å²) in [4.78, 5) is 15.0. The Morgan fingerprint density at radius 1 is 1.35 bits per heavy atom. The van der Waals surface area contributed by atoms with Crippen LogP contribution in [0.15, 0.2) is 18.5 Å². The van der Waals surface area contributed by atoms with Gasteiger partial charge in [0, 0.05) is 45.2 Å². The standard InChI is InChI=1S/C15H24N4O2.2ClH/c16-12-15(4-9-21-10-5-15)14(20)18-7-1-3-13(11-18)19-8-2-6-17-19;;/h2,6,8,13H,1,3-5,7,9-12,16H2;2*1H. The molecule has 2 fully saturated rings. The normalized spacial score (nSPS) is 23.5. The molecule has 1 aromatic heterocycles. The number of aromatic nitrogens is 2. The Balaban J connectivity index is 0.00000132. The predicted molar refractivity (Wildman–Crippen MR) is 93.1 cm³/mol. The molecule has 0 aromatic carbocycles. The fourth-order valence-electron chi connectivity index (χ4n) is 3.45. The average Bonchev–Trinajstić information content (AvgIpc) is 3.09. The second-order valence-corrected chi connectivity index (χ2v) is 6.13. The lowest BCUT2D eigenvalue weighted by molar-refractivity contribution is -0.149. The Hall–Kier alpha value is -0.820. The molecule has 23 heavy (non-hydrogen) atoms. The maximum atomic E-state index is 13.0. The van der Waals surface area contributed by atoms with E-state index >= 15 is 0 Å². The molecule has 1 aromatic rings. The van der Waals surface area contributed by atoms with Gasteiger partial charge in [0.15, 0.2) is 0 Å². The zero-order chi connectivity index (χ0) is 14.7. The van der Waals surface area contributed by atoms with E-state index in [0.29, 0.717) is 19.8 Å². The second-order valence-electron chi connectivity index (χ2n) is 6.13. The van der Waals surface area contributed by atoms with Gasteiger partial charge in [0.25, 0.3) is 0 Å². The molecule has 6 nitrogen and oxygen atoms in total. The van der Waals surface area contributed by atoms with E-state index in [1.54, 1.807) is 6.20 Å². The molecule has 0 spiro atoms. The van der Waals surface area contributed by atoms with Gasteiger partial charge in [-0.2, -0.15) is 5.10 Å². The molecule has 0 bridgehead atoms. The molecule has 2 N–H and O–H groups in total. The minimum absolute atomic E-state index is 0. The van der Waals surface area contributed by atoms with Gasteiger partial charge in [-0.1, -0.05) is 0 Å². The molecule has 2 aliphatic heterocycles. The van der Waals surface area contributed by atoms with Crippen molar-refractivity contribution in [3.63, 3.8) is 0 Å². The number of likely N-dealkylation sites (tertiary alicyclic amines) is 1. The van der Waals surface area contributed by atoms with Crippen molar-refractivity contribution in [3.8, 4) is 0 Å². The topological polar surface area (TPSA) is 73.4 Å². The SMILES string of the molecule is Cl.Cl.NCC1(C(=O)N2CCCC(n3cccn3)C2)CCOCC1. The number of nitrogens with zero attached hydrogens (tertiary/aromatic N) is 3. The molecule has 8 heteroatoms. The van der Waals surface area contributed by atoms with E-state index in [0.717, 1.165) is 38.8 Å². The molecule has 1 atom stereocenters. The van der Waals surface area contributed by atoms with Gasteiger partial charge in [-0.25, -0.2) is 0 Å². The van der Waals surface area contributed by atoms with Crippen molar-refractivity contribution in [1.82, 2.24) is 14.7 Å². The summed E-state index contributed by atoms with van der Waals surface area (Å²) in [5.74, 6) is 0.213. The van der Waals surface area contributed by atoms with Crippen LogP contribution in [0.25, 0.3) is 0 Å². The molecule has 3 heterocycles. The van der Waals surface area contributed by atoms with Gasteiger partial charge in [0.2, 0.25) is 5.91 Å². The quantitative estimate of drug-likeness (QED) is 0.884. The fraction of sp³-hybridized carbons (Fsp3) is 0.733. The van der Waals surface area contributed by atoms with Crippen LogP contribution in [-0.4, -0.2) is 53.4 Å². The molecule has 132 valence electrons. The average molecular weight is 365 g/mol. The molecule has 0 aliphatic carbocycles. The summed E-state index contributed by atoms with van der Waals surface area (Å²) >= 11 is 0. The van der Waals surface area contributed by atoms with Gasteiger partial charge in [-0.05, 0) is 31.7 Å². The van der Waals surface area contributed by atoms with E-state index in [9.17, 15) is 4.79 Å². The lowest BCUT2D eigenvalue weighted by Gasteiger charge is -2.41. The van der Waals surface area contributed by atoms with Crippen LogP contribution in [0.5, 0.6) is 0 Å². The first-order valence-electron chi connectivity index (χ1n) is 7.81. The van der Waals surface area contributed by atoms with Crippen LogP contribution in [0.1, 0.15) is 31.7 Å². The largest absolute Gasteiger partial charge is 0.381 e. The molecular weight excluding hydrogens is 339 g/mol. The van der Waals surface area contributed by atoms with Crippen molar-refractivity contribution in [2.45, 2.75) is 31.7 Å². The smallest absolute Gasteiger partial charge is 0.230 e. The van der Waals surface area contributed by atoms with E-state index in [1.807, 2.05) is 21.8 Å². The summed E-state index contributed by atoms with van der Waals surface area (Å²) in [6.45, 7) is 3.26. The van der Waals surface area contributed by atoms with Crippen LogP contribution in [0.2, 0.25) is 0 Å². The first kappa shape index (κ1) is 20.2. The summed E-state index contributed by atoms with van der Waals surface area (Å²) in [5.41, 5.74) is 5.54. The number of ether oxygens (including phenoxy) is 1. The number of piperidine rings is 1. The molecule has 1 amide bonds. The molecule has 1 unspecified atom stereocenters. The monoisotopic (exact) mass is 364 g/mol. The van der Waals surface area contributed by atoms with Gasteiger partial charge in [0.05, 0.1) is 11.5 Å². The van der Waals surface area contributed by atoms with Gasteiger partial charge in [0.1, 0.15) is 0 Å². The predicted octanol–water partition coefficient (Wildman–Crippen LogP) is 1.65. The molecule has 2 saturated heterocycles. The van der Waals surface area contributed by atoms with Crippen LogP contribution >= 0.6 is 24.8 Å². The highest BCUT2D eigenvalue weighted by Crippen LogP contribution is 2.33. The summed E-state index contributed by atoms with van der Waals surface area (Å²) in [6, 6.07) is 2.22. The van der Waals surface area contributed by atoms with E-state index < -0.39 is 5.41 Å². The van der Waals surface area contributed by atoms with E-state index in [-0.39, 0.29) is 36.8 Å². The van der Waals surface area contributed by atoms with Crippen molar-refractivity contribution in [2.24, 2.45) is 11.1 Å². The Labute approximate surface area is 149 Å². The summed E-state index contributed by atoms with van der Waals surface area (Å²) in [7, 11) is 0. The number of carbonyl (C=O) groups is 1. The first-order valence-corrected chi connectivity index (χ1v) is 7.81. The maximum Gasteiger partial charge on any atom is 0.230 e. The molecule has 0 radical (unpaired) electrons.